The molecule has 2 amide bonds. The van der Waals surface area contributed by atoms with Crippen molar-refractivity contribution in [2.75, 3.05) is 5.32 Å². The fourth-order valence-corrected chi connectivity index (χ4v) is 2.62. The molecule has 0 bridgehead atoms. The summed E-state index contributed by atoms with van der Waals surface area (Å²) >= 11 is 0. The van der Waals surface area contributed by atoms with Gasteiger partial charge in [0.1, 0.15) is 0 Å². The van der Waals surface area contributed by atoms with Crippen molar-refractivity contribution in [3.8, 4) is 0 Å². The third-order valence-corrected chi connectivity index (χ3v) is 4.09. The monoisotopic (exact) mass is 359 g/mol. The maximum absolute atomic E-state index is 12.2. The van der Waals surface area contributed by atoms with E-state index in [4.69, 9.17) is 0 Å². The molecular weight excluding hydrogens is 338 g/mol. The van der Waals surface area contributed by atoms with E-state index in [1.165, 1.54) is 0 Å². The van der Waals surface area contributed by atoms with Crippen LogP contribution in [0.5, 0.6) is 0 Å². The van der Waals surface area contributed by atoms with Crippen molar-refractivity contribution in [3.05, 3.63) is 95.8 Å². The molecular formula is C22H21N3O2. The zero-order valence-corrected chi connectivity index (χ0v) is 14.9. The summed E-state index contributed by atoms with van der Waals surface area (Å²) in [6.45, 7) is 0.421. The maximum atomic E-state index is 12.2. The van der Waals surface area contributed by atoms with Gasteiger partial charge in [-0.25, -0.2) is 0 Å². The van der Waals surface area contributed by atoms with Gasteiger partial charge in [-0.05, 0) is 47.9 Å². The number of benzene rings is 2. The molecule has 0 aliphatic heterocycles. The maximum Gasteiger partial charge on any atom is 0.251 e. The van der Waals surface area contributed by atoms with E-state index in [9.17, 15) is 9.59 Å². The molecule has 5 nitrogen and oxygen atoms in total. The predicted molar refractivity (Wildman–Crippen MR) is 105 cm³/mol. The van der Waals surface area contributed by atoms with Gasteiger partial charge in [-0.15, -0.1) is 0 Å². The van der Waals surface area contributed by atoms with Crippen molar-refractivity contribution in [2.24, 2.45) is 0 Å². The van der Waals surface area contributed by atoms with Crippen LogP contribution in [0.3, 0.4) is 0 Å². The molecule has 0 aliphatic rings. The normalized spacial score (nSPS) is 10.2. The average molecular weight is 359 g/mol. The molecule has 0 saturated carbocycles. The Morgan fingerprint density at radius 3 is 2.30 bits per heavy atom. The largest absolute Gasteiger partial charge is 0.348 e. The van der Waals surface area contributed by atoms with Crippen LogP contribution in [0.25, 0.3) is 0 Å². The fraction of sp³-hybridized carbons (Fsp3) is 0.136. The molecule has 1 aromatic heterocycles. The minimum atomic E-state index is -0.166. The van der Waals surface area contributed by atoms with Gasteiger partial charge >= 0.3 is 0 Å². The average Bonchev–Trinajstić information content (AvgIpc) is 2.72. The Morgan fingerprint density at radius 2 is 1.59 bits per heavy atom. The molecule has 2 aromatic carbocycles. The summed E-state index contributed by atoms with van der Waals surface area (Å²) in [4.78, 5) is 28.3. The molecule has 0 aliphatic carbocycles. The predicted octanol–water partition coefficient (Wildman–Crippen LogP) is 3.58. The molecule has 136 valence electrons. The van der Waals surface area contributed by atoms with Crippen molar-refractivity contribution < 1.29 is 9.59 Å². The first-order chi connectivity index (χ1) is 13.2. The van der Waals surface area contributed by atoms with E-state index < -0.39 is 0 Å². The van der Waals surface area contributed by atoms with Gasteiger partial charge < -0.3 is 10.6 Å². The second-order valence-electron chi connectivity index (χ2n) is 6.16. The lowest BCUT2D eigenvalue weighted by Gasteiger charge is -2.08. The van der Waals surface area contributed by atoms with Crippen molar-refractivity contribution >= 4 is 17.5 Å². The number of rotatable bonds is 7. The molecule has 0 radical (unpaired) electrons. The number of aryl methyl sites for hydroxylation is 1. The van der Waals surface area contributed by atoms with Gasteiger partial charge in [0, 0.05) is 36.6 Å². The topological polar surface area (TPSA) is 71.1 Å². The van der Waals surface area contributed by atoms with Gasteiger partial charge in [-0.3, -0.25) is 14.6 Å². The van der Waals surface area contributed by atoms with Gasteiger partial charge in [-0.2, -0.15) is 0 Å². The van der Waals surface area contributed by atoms with Crippen LogP contribution in [0.15, 0.2) is 79.1 Å². The van der Waals surface area contributed by atoms with E-state index in [0.717, 1.165) is 11.1 Å². The zero-order valence-electron chi connectivity index (χ0n) is 14.9. The molecule has 2 N–H and O–H groups in total. The quantitative estimate of drug-likeness (QED) is 0.677. The van der Waals surface area contributed by atoms with E-state index in [1.54, 1.807) is 36.7 Å². The second kappa shape index (κ2) is 9.29. The van der Waals surface area contributed by atoms with Crippen molar-refractivity contribution in [1.82, 2.24) is 10.3 Å². The first kappa shape index (κ1) is 18.3. The van der Waals surface area contributed by atoms with Crippen LogP contribution in [-0.4, -0.2) is 16.8 Å². The molecule has 0 atom stereocenters. The summed E-state index contributed by atoms with van der Waals surface area (Å²) < 4.78 is 0. The zero-order chi connectivity index (χ0) is 18.9. The van der Waals surface area contributed by atoms with Crippen molar-refractivity contribution in [1.29, 1.82) is 0 Å². The van der Waals surface area contributed by atoms with E-state index in [1.807, 2.05) is 42.5 Å². The smallest absolute Gasteiger partial charge is 0.251 e. The fourth-order valence-electron chi connectivity index (χ4n) is 2.62. The van der Waals surface area contributed by atoms with E-state index >= 15 is 0 Å². The number of pyridine rings is 1. The summed E-state index contributed by atoms with van der Waals surface area (Å²) in [7, 11) is 0. The molecule has 1 heterocycles. The summed E-state index contributed by atoms with van der Waals surface area (Å²) in [5.41, 5.74) is 3.29. The van der Waals surface area contributed by atoms with Gasteiger partial charge in [0.15, 0.2) is 0 Å². The molecule has 3 rings (SSSR count). The number of nitrogens with zero attached hydrogens (tertiary/aromatic N) is 1. The highest BCUT2D eigenvalue weighted by atomic mass is 16.2. The number of amides is 2. The number of carbonyl (C=O) groups is 2. The lowest BCUT2D eigenvalue weighted by atomic mass is 10.1. The van der Waals surface area contributed by atoms with Crippen LogP contribution in [0.1, 0.15) is 27.9 Å². The number of hydrogen-bond donors (Lipinski definition) is 2. The minimum absolute atomic E-state index is 0.0485. The number of aromatic nitrogens is 1. The number of carbonyl (C=O) groups excluding carboxylic acids is 2. The van der Waals surface area contributed by atoms with Gasteiger partial charge in [0.2, 0.25) is 5.91 Å². The Hall–Kier alpha value is -3.47. The number of nitrogens with one attached hydrogen (secondary N) is 2. The molecule has 0 saturated heterocycles. The highest BCUT2D eigenvalue weighted by Crippen LogP contribution is 2.11. The Balaban J connectivity index is 1.47. The summed E-state index contributed by atoms with van der Waals surface area (Å²) in [5, 5.41) is 5.70. The van der Waals surface area contributed by atoms with Crippen LogP contribution >= 0.6 is 0 Å². The van der Waals surface area contributed by atoms with E-state index in [-0.39, 0.29) is 11.8 Å². The van der Waals surface area contributed by atoms with E-state index in [0.29, 0.717) is 30.6 Å². The molecule has 0 unspecified atom stereocenters. The molecule has 0 spiro atoms. The van der Waals surface area contributed by atoms with Gasteiger partial charge in [-0.1, -0.05) is 36.4 Å². The van der Waals surface area contributed by atoms with Crippen LogP contribution in [-0.2, 0) is 17.8 Å². The standard InChI is InChI=1S/C22H21N3O2/c26-21(13-8-17-5-2-1-3-6-17)25-20-11-9-19(10-12-20)22(27)24-16-18-7-4-14-23-15-18/h1-7,9-12,14-15H,8,13,16H2,(H,24,27)(H,25,26). The highest BCUT2D eigenvalue weighted by Gasteiger charge is 2.07. The summed E-state index contributed by atoms with van der Waals surface area (Å²) in [5.74, 6) is -0.214. The van der Waals surface area contributed by atoms with Crippen LogP contribution in [0.2, 0.25) is 0 Å². The second-order valence-corrected chi connectivity index (χ2v) is 6.16. The van der Waals surface area contributed by atoms with Crippen molar-refractivity contribution in [2.45, 2.75) is 19.4 Å². The third kappa shape index (κ3) is 5.78. The Kier molecular flexibility index (Phi) is 6.30. The summed E-state index contributed by atoms with van der Waals surface area (Å²) in [6, 6.07) is 20.5. The minimum Gasteiger partial charge on any atom is -0.348 e. The van der Waals surface area contributed by atoms with Crippen LogP contribution in [0.4, 0.5) is 5.69 Å². The lowest BCUT2D eigenvalue weighted by Crippen LogP contribution is -2.22. The first-order valence-electron chi connectivity index (χ1n) is 8.81. The van der Waals surface area contributed by atoms with Gasteiger partial charge in [0.05, 0.1) is 0 Å². The Morgan fingerprint density at radius 1 is 0.852 bits per heavy atom. The van der Waals surface area contributed by atoms with Gasteiger partial charge in [0.25, 0.3) is 5.91 Å². The number of anilines is 1. The lowest BCUT2D eigenvalue weighted by molar-refractivity contribution is -0.116. The molecule has 5 heteroatoms. The molecule has 27 heavy (non-hydrogen) atoms. The van der Waals surface area contributed by atoms with Crippen molar-refractivity contribution in [3.63, 3.8) is 0 Å². The number of hydrogen-bond acceptors (Lipinski definition) is 3. The molecule has 3 aromatic rings. The van der Waals surface area contributed by atoms with Crippen LogP contribution in [0, 0.1) is 0 Å². The molecule has 0 fully saturated rings. The van der Waals surface area contributed by atoms with E-state index in [2.05, 4.69) is 15.6 Å². The Labute approximate surface area is 158 Å². The SMILES string of the molecule is O=C(CCc1ccccc1)Nc1ccc(C(=O)NCc2cccnc2)cc1. The highest BCUT2D eigenvalue weighted by molar-refractivity contribution is 5.95. The third-order valence-electron chi connectivity index (χ3n) is 4.09. The first-order valence-corrected chi connectivity index (χ1v) is 8.81. The summed E-state index contributed by atoms with van der Waals surface area (Å²) in [6.07, 6.45) is 4.52. The Bertz CT molecular complexity index is 878. The van der Waals surface area contributed by atoms with Crippen LogP contribution < -0.4 is 10.6 Å².